The van der Waals surface area contributed by atoms with Gasteiger partial charge in [0.1, 0.15) is 0 Å². The lowest BCUT2D eigenvalue weighted by Crippen LogP contribution is -2.34. The first kappa shape index (κ1) is 30.2. The molecule has 2 aliphatic rings. The van der Waals surface area contributed by atoms with E-state index in [0.29, 0.717) is 82.5 Å². The fraction of sp³-hybridized carbons (Fsp3) is 0.235. The second-order valence-electron chi connectivity index (χ2n) is 12.2. The topological polar surface area (TPSA) is 137 Å². The van der Waals surface area contributed by atoms with E-state index in [1.165, 1.54) is 0 Å². The summed E-state index contributed by atoms with van der Waals surface area (Å²) in [4.78, 5) is 59.2. The van der Waals surface area contributed by atoms with Crippen LogP contribution in [0.2, 0.25) is 10.0 Å². The van der Waals surface area contributed by atoms with Crippen molar-refractivity contribution in [2.24, 2.45) is 0 Å². The highest BCUT2D eigenvalue weighted by Gasteiger charge is 2.24. The van der Waals surface area contributed by atoms with E-state index in [1.54, 1.807) is 55.1 Å². The fourth-order valence-corrected chi connectivity index (χ4v) is 7.20. The van der Waals surface area contributed by atoms with Gasteiger partial charge in [-0.3, -0.25) is 19.2 Å². The molecule has 2 aliphatic heterocycles. The maximum Gasteiger partial charge on any atom is 0.294 e. The molecule has 48 heavy (non-hydrogen) atoms. The maximum absolute atomic E-state index is 13.3. The van der Waals surface area contributed by atoms with Gasteiger partial charge in [0.25, 0.3) is 11.1 Å². The standard InChI is InChI=1S/C34H28Cl2N8O4/c35-29-21(3-1-5-23(29)25-17-41-11-13-43(33(47)31(41)39-25)15-19-7-9-27(45)37-19)22-4-2-6-24(30(22)36)26-18-42-12-14-44(34(48)32(42)40-26)16-20-8-10-28(46)38-20/h1-6,11-14,17-20H,7-10,15-16H2,(H,37,45)(H,38,46)/t19-,20-/m0/s1. The van der Waals surface area contributed by atoms with Gasteiger partial charge in [0, 0.05) is 97.4 Å². The molecule has 2 fully saturated rings. The number of imidazole rings is 2. The van der Waals surface area contributed by atoms with Gasteiger partial charge in [-0.25, -0.2) is 9.97 Å². The Hall–Kier alpha value is -5.20. The van der Waals surface area contributed by atoms with Crippen LogP contribution in [0.3, 0.4) is 0 Å². The minimum Gasteiger partial charge on any atom is -0.352 e. The Morgan fingerprint density at radius 3 is 1.44 bits per heavy atom. The lowest BCUT2D eigenvalue weighted by atomic mass is 9.99. The van der Waals surface area contributed by atoms with Crippen LogP contribution in [0.1, 0.15) is 25.7 Å². The molecule has 0 saturated carbocycles. The van der Waals surface area contributed by atoms with Gasteiger partial charge in [-0.15, -0.1) is 0 Å². The molecule has 12 nitrogen and oxygen atoms in total. The number of hydrogen-bond donors (Lipinski definition) is 2. The van der Waals surface area contributed by atoms with Crippen molar-refractivity contribution in [2.75, 3.05) is 0 Å². The average molecular weight is 684 g/mol. The molecule has 2 atom stereocenters. The highest BCUT2D eigenvalue weighted by Crippen LogP contribution is 2.42. The van der Waals surface area contributed by atoms with Crippen molar-refractivity contribution < 1.29 is 9.59 Å². The molecule has 2 amide bonds. The minimum atomic E-state index is -0.266. The summed E-state index contributed by atoms with van der Waals surface area (Å²) < 4.78 is 6.46. The van der Waals surface area contributed by atoms with Crippen molar-refractivity contribution in [3.63, 3.8) is 0 Å². The Bertz CT molecular complexity index is 2240. The third kappa shape index (κ3) is 5.26. The molecular weight excluding hydrogens is 655 g/mol. The van der Waals surface area contributed by atoms with Crippen LogP contribution < -0.4 is 21.8 Å². The number of aromatic nitrogens is 6. The first-order chi connectivity index (χ1) is 23.2. The molecule has 242 valence electrons. The summed E-state index contributed by atoms with van der Waals surface area (Å²) in [6.07, 6.45) is 12.7. The molecule has 6 aromatic rings. The highest BCUT2D eigenvalue weighted by molar-refractivity contribution is 6.39. The van der Waals surface area contributed by atoms with Gasteiger partial charge in [-0.2, -0.15) is 0 Å². The predicted octanol–water partition coefficient (Wildman–Crippen LogP) is 4.17. The monoisotopic (exact) mass is 682 g/mol. The molecule has 8 rings (SSSR count). The number of carbonyl (C=O) groups excluding carboxylic acids is 2. The average Bonchev–Trinajstić information content (AvgIpc) is 3.88. The maximum atomic E-state index is 13.3. The first-order valence-electron chi connectivity index (χ1n) is 15.6. The van der Waals surface area contributed by atoms with E-state index in [-0.39, 0.29) is 46.3 Å². The van der Waals surface area contributed by atoms with Gasteiger partial charge in [0.2, 0.25) is 23.1 Å². The summed E-state index contributed by atoms with van der Waals surface area (Å²) in [5.74, 6) is -0.0126. The largest absolute Gasteiger partial charge is 0.352 e. The van der Waals surface area contributed by atoms with Crippen LogP contribution in [0.15, 0.2) is 83.2 Å². The van der Waals surface area contributed by atoms with Crippen molar-refractivity contribution in [3.05, 3.63) is 104 Å². The van der Waals surface area contributed by atoms with Gasteiger partial charge in [0.05, 0.1) is 21.4 Å². The Morgan fingerprint density at radius 1 is 0.625 bits per heavy atom. The van der Waals surface area contributed by atoms with Gasteiger partial charge in [-0.05, 0) is 12.8 Å². The smallest absolute Gasteiger partial charge is 0.294 e. The molecule has 4 aromatic heterocycles. The van der Waals surface area contributed by atoms with Crippen molar-refractivity contribution in [1.82, 2.24) is 38.5 Å². The normalized spacial score (nSPS) is 17.8. The lowest BCUT2D eigenvalue weighted by Gasteiger charge is -2.12. The van der Waals surface area contributed by atoms with Crippen LogP contribution in [0.5, 0.6) is 0 Å². The van der Waals surface area contributed by atoms with Crippen molar-refractivity contribution in [2.45, 2.75) is 50.9 Å². The number of benzene rings is 2. The number of fused-ring (bicyclic) bond motifs is 2. The number of carbonyl (C=O) groups is 2. The van der Waals surface area contributed by atoms with Gasteiger partial charge in [0.15, 0.2) is 0 Å². The Morgan fingerprint density at radius 2 is 1.04 bits per heavy atom. The quantitative estimate of drug-likeness (QED) is 0.259. The molecule has 0 unspecified atom stereocenters. The molecule has 14 heteroatoms. The zero-order valence-electron chi connectivity index (χ0n) is 25.4. The summed E-state index contributed by atoms with van der Waals surface area (Å²) in [5, 5.41) is 6.61. The van der Waals surface area contributed by atoms with Crippen LogP contribution in [-0.2, 0) is 22.7 Å². The summed E-state index contributed by atoms with van der Waals surface area (Å²) >= 11 is 14.1. The van der Waals surface area contributed by atoms with Gasteiger partial charge >= 0.3 is 0 Å². The number of nitrogens with one attached hydrogen (secondary N) is 2. The third-order valence-corrected chi connectivity index (χ3v) is 9.84. The number of nitrogens with zero attached hydrogens (tertiary/aromatic N) is 6. The first-order valence-corrected chi connectivity index (χ1v) is 16.3. The summed E-state index contributed by atoms with van der Waals surface area (Å²) in [7, 11) is 0. The van der Waals surface area contributed by atoms with Crippen LogP contribution in [-0.4, -0.2) is 51.8 Å². The predicted molar refractivity (Wildman–Crippen MR) is 181 cm³/mol. The zero-order valence-corrected chi connectivity index (χ0v) is 26.9. The summed E-state index contributed by atoms with van der Waals surface area (Å²) in [6.45, 7) is 0.744. The second-order valence-corrected chi connectivity index (χ2v) is 12.9. The summed E-state index contributed by atoms with van der Waals surface area (Å²) in [6, 6.07) is 10.9. The van der Waals surface area contributed by atoms with Gasteiger partial charge < -0.3 is 28.6 Å². The van der Waals surface area contributed by atoms with E-state index in [9.17, 15) is 19.2 Å². The molecule has 0 bridgehead atoms. The van der Waals surface area contributed by atoms with E-state index >= 15 is 0 Å². The highest BCUT2D eigenvalue weighted by atomic mass is 35.5. The van der Waals surface area contributed by atoms with E-state index < -0.39 is 0 Å². The SMILES string of the molecule is O=C1CC[C@@H](Cn2ccn3cc(-c4cccc(-c5cccc(-c6cn7ccn(C[C@@H]8CCC(=O)N8)c(=O)c7n6)c5Cl)c4Cl)nc3c2=O)N1. The van der Waals surface area contributed by atoms with E-state index in [2.05, 4.69) is 20.6 Å². The van der Waals surface area contributed by atoms with Crippen molar-refractivity contribution in [1.29, 1.82) is 0 Å². The number of hydrogen-bond acceptors (Lipinski definition) is 6. The van der Waals surface area contributed by atoms with E-state index in [1.807, 2.05) is 36.4 Å². The summed E-state index contributed by atoms with van der Waals surface area (Å²) in [5.41, 5.74) is 3.58. The van der Waals surface area contributed by atoms with Crippen LogP contribution >= 0.6 is 23.2 Å². The molecule has 0 radical (unpaired) electrons. The Labute approximate surface area is 282 Å². The van der Waals surface area contributed by atoms with E-state index in [4.69, 9.17) is 23.2 Å². The Kier molecular flexibility index (Phi) is 7.41. The Balaban J connectivity index is 1.12. The zero-order chi connectivity index (χ0) is 33.1. The van der Waals surface area contributed by atoms with Gasteiger partial charge in [-0.1, -0.05) is 59.6 Å². The van der Waals surface area contributed by atoms with Crippen LogP contribution in [0.25, 0.3) is 44.9 Å². The van der Waals surface area contributed by atoms with Crippen LogP contribution in [0, 0.1) is 0 Å². The third-order valence-electron chi connectivity index (χ3n) is 9.03. The van der Waals surface area contributed by atoms with Crippen LogP contribution in [0.4, 0.5) is 0 Å². The minimum absolute atomic E-state index is 0.00628. The second kappa shape index (κ2) is 11.8. The molecule has 2 saturated heterocycles. The molecule has 2 N–H and O–H groups in total. The number of amides is 2. The number of halogens is 2. The van der Waals surface area contributed by atoms with Crippen molar-refractivity contribution in [3.8, 4) is 33.6 Å². The fourth-order valence-electron chi connectivity index (χ4n) is 6.55. The molecule has 2 aromatic carbocycles. The molecule has 6 heterocycles. The molecular formula is C34H28Cl2N8O4. The lowest BCUT2D eigenvalue weighted by molar-refractivity contribution is -0.120. The van der Waals surface area contributed by atoms with Crippen molar-refractivity contribution >= 4 is 46.3 Å². The molecule has 0 aliphatic carbocycles. The molecule has 0 spiro atoms. The van der Waals surface area contributed by atoms with E-state index in [0.717, 1.165) is 0 Å². The number of rotatable bonds is 7.